The van der Waals surface area contributed by atoms with Crippen LogP contribution in [0.15, 0.2) is 53.4 Å². The van der Waals surface area contributed by atoms with Gasteiger partial charge < -0.3 is 10.8 Å². The molecule has 0 radical (unpaired) electrons. The van der Waals surface area contributed by atoms with Crippen molar-refractivity contribution in [2.45, 2.75) is 16.9 Å². The van der Waals surface area contributed by atoms with Crippen LogP contribution in [-0.2, 0) is 5.54 Å². The smallest absolute Gasteiger partial charge is 0.139 e. The minimum Gasteiger partial charge on any atom is -0.394 e. The molecule has 0 aliphatic carbocycles. The summed E-state index contributed by atoms with van der Waals surface area (Å²) in [4.78, 5) is 0.379. The highest BCUT2D eigenvalue weighted by Gasteiger charge is 2.26. The molecule has 2 nitrogen and oxygen atoms in total. The largest absolute Gasteiger partial charge is 0.394 e. The van der Waals surface area contributed by atoms with Crippen LogP contribution >= 0.6 is 11.8 Å². The van der Waals surface area contributed by atoms with E-state index in [1.165, 1.54) is 23.9 Å². The molecule has 0 aromatic heterocycles. The summed E-state index contributed by atoms with van der Waals surface area (Å²) in [5.74, 6) is -0.648. The Morgan fingerprint density at radius 2 is 1.81 bits per heavy atom. The highest BCUT2D eigenvalue weighted by Crippen LogP contribution is 2.28. The van der Waals surface area contributed by atoms with Gasteiger partial charge in [-0.15, -0.1) is 11.8 Å². The van der Waals surface area contributed by atoms with E-state index in [1.807, 2.05) is 30.3 Å². The Hall–Kier alpha value is -1.43. The molecular formula is C16H17F2NOS. The minimum atomic E-state index is -0.856. The summed E-state index contributed by atoms with van der Waals surface area (Å²) in [5.41, 5.74) is 6.21. The average Bonchev–Trinajstić information content (AvgIpc) is 2.50. The van der Waals surface area contributed by atoms with Crippen LogP contribution in [0.2, 0.25) is 0 Å². The number of aliphatic hydroxyl groups is 1. The van der Waals surface area contributed by atoms with Gasteiger partial charge >= 0.3 is 0 Å². The predicted molar refractivity (Wildman–Crippen MR) is 81.1 cm³/mol. The van der Waals surface area contributed by atoms with E-state index in [9.17, 15) is 13.9 Å². The second-order valence-electron chi connectivity index (χ2n) is 4.85. The van der Waals surface area contributed by atoms with E-state index in [-0.39, 0.29) is 6.61 Å². The third-order valence-corrected chi connectivity index (χ3v) is 4.38. The van der Waals surface area contributed by atoms with Crippen LogP contribution in [0.4, 0.5) is 8.78 Å². The maximum Gasteiger partial charge on any atom is 0.139 e. The van der Waals surface area contributed by atoms with Gasteiger partial charge in [0.2, 0.25) is 0 Å². The van der Waals surface area contributed by atoms with Gasteiger partial charge in [-0.3, -0.25) is 0 Å². The summed E-state index contributed by atoms with van der Waals surface area (Å²) in [7, 11) is 0. The first-order chi connectivity index (χ1) is 10.0. The Balaban J connectivity index is 2.01. The van der Waals surface area contributed by atoms with Gasteiger partial charge in [-0.1, -0.05) is 30.3 Å². The van der Waals surface area contributed by atoms with Crippen molar-refractivity contribution < 1.29 is 13.9 Å². The van der Waals surface area contributed by atoms with Gasteiger partial charge in [0.1, 0.15) is 11.6 Å². The number of aliphatic hydroxyl groups excluding tert-OH is 1. The Bertz CT molecular complexity index is 594. The molecule has 0 aliphatic heterocycles. The van der Waals surface area contributed by atoms with Crippen LogP contribution in [0.25, 0.3) is 0 Å². The van der Waals surface area contributed by atoms with Crippen molar-refractivity contribution in [3.63, 3.8) is 0 Å². The lowest BCUT2D eigenvalue weighted by molar-refractivity contribution is 0.193. The van der Waals surface area contributed by atoms with Crippen molar-refractivity contribution in [3.05, 3.63) is 65.7 Å². The molecule has 0 bridgehead atoms. The molecule has 21 heavy (non-hydrogen) atoms. The monoisotopic (exact) mass is 309 g/mol. The molecule has 2 rings (SSSR count). The molecule has 0 aliphatic rings. The summed E-state index contributed by atoms with van der Waals surface area (Å²) >= 11 is 1.26. The topological polar surface area (TPSA) is 46.2 Å². The van der Waals surface area contributed by atoms with Crippen LogP contribution in [-0.4, -0.2) is 17.5 Å². The van der Waals surface area contributed by atoms with E-state index >= 15 is 0 Å². The van der Waals surface area contributed by atoms with Gasteiger partial charge in [0.25, 0.3) is 0 Å². The molecule has 2 aromatic rings. The fourth-order valence-electron chi connectivity index (χ4n) is 2.02. The Kier molecular flexibility index (Phi) is 5.33. The first-order valence-corrected chi connectivity index (χ1v) is 7.57. The molecule has 1 atom stereocenters. The Labute approximate surface area is 127 Å². The molecule has 0 heterocycles. The van der Waals surface area contributed by atoms with Crippen LogP contribution in [0, 0.1) is 11.6 Å². The van der Waals surface area contributed by atoms with Crippen molar-refractivity contribution in [1.82, 2.24) is 0 Å². The predicted octanol–water partition coefficient (Wildman–Crippen LogP) is 3.29. The number of hydrogen-bond donors (Lipinski definition) is 2. The molecule has 0 saturated carbocycles. The standard InChI is InChI=1S/C16H17F2NOS/c17-13-6-7-15(14(18)10-13)21-9-8-16(19,11-20)12-4-2-1-3-5-12/h1-7,10,20H,8-9,11,19H2. The molecule has 2 aromatic carbocycles. The van der Waals surface area contributed by atoms with E-state index in [0.717, 1.165) is 11.6 Å². The molecule has 1 unspecified atom stereocenters. The number of hydrogen-bond acceptors (Lipinski definition) is 3. The average molecular weight is 309 g/mol. The zero-order valence-electron chi connectivity index (χ0n) is 11.4. The van der Waals surface area contributed by atoms with Gasteiger partial charge in [0.15, 0.2) is 0 Å². The van der Waals surface area contributed by atoms with Crippen molar-refractivity contribution in [2.75, 3.05) is 12.4 Å². The lowest BCUT2D eigenvalue weighted by atomic mass is 9.89. The summed E-state index contributed by atoms with van der Waals surface area (Å²) in [6.07, 6.45) is 0.481. The van der Waals surface area contributed by atoms with E-state index < -0.39 is 17.2 Å². The molecule has 0 saturated heterocycles. The molecule has 0 spiro atoms. The number of thioether (sulfide) groups is 1. The first-order valence-electron chi connectivity index (χ1n) is 6.58. The van der Waals surface area contributed by atoms with Crippen LogP contribution in [0.3, 0.4) is 0 Å². The molecule has 5 heteroatoms. The summed E-state index contributed by atoms with van der Waals surface area (Å²) in [5, 5.41) is 9.57. The van der Waals surface area contributed by atoms with E-state index in [0.29, 0.717) is 17.1 Å². The molecular weight excluding hydrogens is 292 g/mol. The van der Waals surface area contributed by atoms with Crippen LogP contribution in [0.1, 0.15) is 12.0 Å². The van der Waals surface area contributed by atoms with E-state index in [2.05, 4.69) is 0 Å². The number of rotatable bonds is 6. The zero-order chi connectivity index (χ0) is 15.3. The fourth-order valence-corrected chi connectivity index (χ4v) is 3.07. The van der Waals surface area contributed by atoms with Crippen LogP contribution < -0.4 is 5.73 Å². The molecule has 0 fully saturated rings. The fraction of sp³-hybridized carbons (Fsp3) is 0.250. The van der Waals surface area contributed by atoms with Crippen molar-refractivity contribution in [1.29, 1.82) is 0 Å². The van der Waals surface area contributed by atoms with Gasteiger partial charge in [-0.25, -0.2) is 8.78 Å². The minimum absolute atomic E-state index is 0.191. The quantitative estimate of drug-likeness (QED) is 0.805. The van der Waals surface area contributed by atoms with Gasteiger partial charge in [0, 0.05) is 16.7 Å². The molecule has 0 amide bonds. The number of nitrogens with two attached hydrogens (primary N) is 1. The molecule has 3 N–H and O–H groups in total. The maximum absolute atomic E-state index is 13.5. The van der Waals surface area contributed by atoms with Crippen molar-refractivity contribution >= 4 is 11.8 Å². The summed E-state index contributed by atoms with van der Waals surface area (Å²) in [6.45, 7) is -0.191. The van der Waals surface area contributed by atoms with Crippen molar-refractivity contribution in [2.24, 2.45) is 5.73 Å². The number of benzene rings is 2. The lowest BCUT2D eigenvalue weighted by Gasteiger charge is -2.27. The van der Waals surface area contributed by atoms with Crippen molar-refractivity contribution in [3.8, 4) is 0 Å². The first kappa shape index (κ1) is 15.9. The maximum atomic E-state index is 13.5. The third-order valence-electron chi connectivity index (χ3n) is 3.33. The summed E-state index contributed by atoms with van der Waals surface area (Å²) in [6, 6.07) is 12.8. The Morgan fingerprint density at radius 1 is 1.10 bits per heavy atom. The van der Waals surface area contributed by atoms with Gasteiger partial charge in [0.05, 0.1) is 12.1 Å². The highest BCUT2D eigenvalue weighted by molar-refractivity contribution is 7.99. The van der Waals surface area contributed by atoms with Gasteiger partial charge in [-0.05, 0) is 24.1 Å². The second-order valence-corrected chi connectivity index (χ2v) is 5.99. The van der Waals surface area contributed by atoms with E-state index in [4.69, 9.17) is 5.73 Å². The molecule has 112 valence electrons. The van der Waals surface area contributed by atoms with E-state index in [1.54, 1.807) is 0 Å². The highest BCUT2D eigenvalue weighted by atomic mass is 32.2. The Morgan fingerprint density at radius 3 is 2.43 bits per heavy atom. The SMILES string of the molecule is NC(CO)(CCSc1ccc(F)cc1F)c1ccccc1. The second kappa shape index (κ2) is 7.02. The van der Waals surface area contributed by atoms with Crippen LogP contribution in [0.5, 0.6) is 0 Å². The third kappa shape index (κ3) is 4.03. The number of halogens is 2. The lowest BCUT2D eigenvalue weighted by Crippen LogP contribution is -2.41. The van der Waals surface area contributed by atoms with Gasteiger partial charge in [-0.2, -0.15) is 0 Å². The zero-order valence-corrected chi connectivity index (χ0v) is 12.2. The summed E-state index contributed by atoms with van der Waals surface area (Å²) < 4.78 is 26.4. The normalized spacial score (nSPS) is 13.9.